The van der Waals surface area contributed by atoms with Crippen LogP contribution in [0.1, 0.15) is 32.1 Å². The summed E-state index contributed by atoms with van der Waals surface area (Å²) in [5, 5.41) is 3.80. The molecule has 5 rings (SSSR count). The van der Waals surface area contributed by atoms with Crippen LogP contribution in [0.25, 0.3) is 10.4 Å². The highest BCUT2D eigenvalue weighted by molar-refractivity contribution is 7.17. The first kappa shape index (κ1) is 19.8. The Balaban J connectivity index is 1.44. The molecule has 1 aliphatic rings. The minimum absolute atomic E-state index is 0.0594. The topological polar surface area (TPSA) is 77.0 Å². The molecular weight excluding hydrogens is 428 g/mol. The molecule has 4 aromatic rings. The lowest BCUT2D eigenvalue weighted by Gasteiger charge is -2.14. The Morgan fingerprint density at radius 3 is 2.94 bits per heavy atom. The number of amides is 1. The van der Waals surface area contributed by atoms with Crippen LogP contribution >= 0.6 is 22.9 Å². The molecule has 4 aromatic heterocycles. The van der Waals surface area contributed by atoms with E-state index < -0.39 is 0 Å². The maximum absolute atomic E-state index is 13.1. The monoisotopic (exact) mass is 448 g/mol. The number of hydrogen-bond acceptors (Lipinski definition) is 7. The highest BCUT2D eigenvalue weighted by atomic mass is 32.1. The lowest BCUT2D eigenvalue weighted by Crippen LogP contribution is -2.26. The Labute approximate surface area is 188 Å². The van der Waals surface area contributed by atoms with Crippen molar-refractivity contribution in [3.63, 3.8) is 0 Å². The SMILES string of the molecule is Cc1ncccc1Oc1sc(C(=O)NCCc2cccnc2)c2c1-c1sncc1CC2. The number of carbonyl (C=O) groups excluding carboxylic acids is 1. The first-order valence-electron chi connectivity index (χ1n) is 10.1. The van der Waals surface area contributed by atoms with Gasteiger partial charge in [0.05, 0.1) is 21.0 Å². The zero-order valence-electron chi connectivity index (χ0n) is 16.9. The molecule has 8 heteroatoms. The Hall–Kier alpha value is -3.10. The molecule has 0 saturated carbocycles. The van der Waals surface area contributed by atoms with Crippen molar-refractivity contribution in [1.82, 2.24) is 19.7 Å². The molecule has 0 spiro atoms. The van der Waals surface area contributed by atoms with Gasteiger partial charge in [0.15, 0.2) is 5.06 Å². The largest absolute Gasteiger partial charge is 0.444 e. The summed E-state index contributed by atoms with van der Waals surface area (Å²) < 4.78 is 10.7. The van der Waals surface area contributed by atoms with Crippen LogP contribution in [0.15, 0.2) is 49.1 Å². The molecule has 0 unspecified atom stereocenters. The number of thiophene rings is 1. The van der Waals surface area contributed by atoms with Gasteiger partial charge in [-0.1, -0.05) is 17.4 Å². The van der Waals surface area contributed by atoms with E-state index in [0.717, 1.165) is 56.5 Å². The molecule has 0 radical (unpaired) electrons. The lowest BCUT2D eigenvalue weighted by atomic mass is 9.93. The molecule has 4 heterocycles. The maximum Gasteiger partial charge on any atom is 0.261 e. The van der Waals surface area contributed by atoms with Crippen molar-refractivity contribution in [2.45, 2.75) is 26.2 Å². The van der Waals surface area contributed by atoms with Crippen molar-refractivity contribution < 1.29 is 9.53 Å². The van der Waals surface area contributed by atoms with E-state index in [-0.39, 0.29) is 5.91 Å². The van der Waals surface area contributed by atoms with Gasteiger partial charge in [-0.3, -0.25) is 14.8 Å². The van der Waals surface area contributed by atoms with E-state index in [1.165, 1.54) is 28.4 Å². The average molecular weight is 449 g/mol. The van der Waals surface area contributed by atoms with Crippen LogP contribution in [-0.4, -0.2) is 26.8 Å². The van der Waals surface area contributed by atoms with Gasteiger partial charge in [-0.25, -0.2) is 4.37 Å². The normalized spacial score (nSPS) is 12.2. The van der Waals surface area contributed by atoms with Gasteiger partial charge in [-0.2, -0.15) is 0 Å². The van der Waals surface area contributed by atoms with Crippen molar-refractivity contribution in [2.75, 3.05) is 6.54 Å². The second-order valence-electron chi connectivity index (χ2n) is 7.31. The third kappa shape index (κ3) is 3.96. The Kier molecular flexibility index (Phi) is 5.48. The van der Waals surface area contributed by atoms with Crippen LogP contribution in [-0.2, 0) is 19.3 Å². The summed E-state index contributed by atoms with van der Waals surface area (Å²) in [4.78, 5) is 23.4. The molecule has 0 aromatic carbocycles. The van der Waals surface area contributed by atoms with Gasteiger partial charge in [0.1, 0.15) is 5.75 Å². The average Bonchev–Trinajstić information content (AvgIpc) is 3.40. The molecule has 0 aliphatic heterocycles. The van der Waals surface area contributed by atoms with Gasteiger partial charge >= 0.3 is 0 Å². The molecule has 0 bridgehead atoms. The van der Waals surface area contributed by atoms with Crippen LogP contribution in [0.2, 0.25) is 0 Å². The Morgan fingerprint density at radius 2 is 2.10 bits per heavy atom. The van der Waals surface area contributed by atoms with E-state index >= 15 is 0 Å². The minimum Gasteiger partial charge on any atom is -0.444 e. The number of aromatic nitrogens is 3. The molecule has 0 atom stereocenters. The lowest BCUT2D eigenvalue weighted by molar-refractivity contribution is 0.0957. The fourth-order valence-electron chi connectivity index (χ4n) is 3.69. The summed E-state index contributed by atoms with van der Waals surface area (Å²) in [6.45, 7) is 2.47. The Morgan fingerprint density at radius 1 is 1.19 bits per heavy atom. The fraction of sp³-hybridized carbons (Fsp3) is 0.217. The van der Waals surface area contributed by atoms with Crippen molar-refractivity contribution >= 4 is 28.8 Å². The first-order valence-corrected chi connectivity index (χ1v) is 11.7. The van der Waals surface area contributed by atoms with E-state index in [1.54, 1.807) is 12.4 Å². The predicted octanol–water partition coefficient (Wildman–Crippen LogP) is 4.83. The van der Waals surface area contributed by atoms with E-state index in [2.05, 4.69) is 19.7 Å². The van der Waals surface area contributed by atoms with Gasteiger partial charge in [-0.15, -0.1) is 0 Å². The molecule has 0 saturated heterocycles. The highest BCUT2D eigenvalue weighted by Gasteiger charge is 2.30. The number of fused-ring (bicyclic) bond motifs is 3. The number of hydrogen-bond donors (Lipinski definition) is 1. The van der Waals surface area contributed by atoms with Crippen molar-refractivity contribution in [2.24, 2.45) is 0 Å². The molecule has 0 fully saturated rings. The van der Waals surface area contributed by atoms with Crippen LogP contribution in [0.3, 0.4) is 0 Å². The summed E-state index contributed by atoms with van der Waals surface area (Å²) in [7, 11) is 0. The predicted molar refractivity (Wildman–Crippen MR) is 122 cm³/mol. The van der Waals surface area contributed by atoms with Crippen molar-refractivity contribution in [3.05, 3.63) is 76.3 Å². The summed E-state index contributed by atoms with van der Waals surface area (Å²) in [6.07, 6.45) is 9.67. The van der Waals surface area contributed by atoms with Gasteiger partial charge in [-0.05, 0) is 72.6 Å². The van der Waals surface area contributed by atoms with Crippen LogP contribution in [0.4, 0.5) is 0 Å². The quantitative estimate of drug-likeness (QED) is 0.457. The number of aryl methyl sites for hydroxylation is 2. The molecule has 156 valence electrons. The third-order valence-corrected chi connectivity index (χ3v) is 7.25. The first-order chi connectivity index (χ1) is 15.2. The molecule has 6 nitrogen and oxygen atoms in total. The molecule has 1 N–H and O–H groups in total. The standard InChI is InChI=1S/C23H20N4O2S2/c1-14-18(5-3-10-25-14)29-23-19-17(7-6-16-13-27-31-20(16)19)21(30-23)22(28)26-11-8-15-4-2-9-24-12-15/h2-5,9-10,12-13H,6-8,11H2,1H3,(H,26,28). The van der Waals surface area contributed by atoms with Gasteiger partial charge in [0, 0.05) is 31.3 Å². The number of nitrogens with zero attached hydrogens (tertiary/aromatic N) is 3. The third-order valence-electron chi connectivity index (χ3n) is 5.28. The Bertz CT molecular complexity index is 1230. The van der Waals surface area contributed by atoms with Crippen molar-refractivity contribution in [1.29, 1.82) is 0 Å². The minimum atomic E-state index is -0.0594. The second kappa shape index (κ2) is 8.56. The molecule has 1 aliphatic carbocycles. The fourth-order valence-corrected chi connectivity index (χ4v) is 5.76. The zero-order valence-corrected chi connectivity index (χ0v) is 18.6. The van der Waals surface area contributed by atoms with Gasteiger partial charge < -0.3 is 10.1 Å². The summed E-state index contributed by atoms with van der Waals surface area (Å²) >= 11 is 2.86. The van der Waals surface area contributed by atoms with E-state index in [4.69, 9.17) is 4.74 Å². The van der Waals surface area contributed by atoms with E-state index in [1.807, 2.05) is 43.6 Å². The maximum atomic E-state index is 13.1. The number of rotatable bonds is 6. The molecule has 31 heavy (non-hydrogen) atoms. The van der Waals surface area contributed by atoms with Gasteiger partial charge in [0.25, 0.3) is 5.91 Å². The summed E-state index contributed by atoms with van der Waals surface area (Å²) in [5.74, 6) is 0.641. The number of carbonyl (C=O) groups is 1. The van der Waals surface area contributed by atoms with Crippen LogP contribution in [0.5, 0.6) is 10.8 Å². The van der Waals surface area contributed by atoms with E-state index in [9.17, 15) is 4.79 Å². The summed E-state index contributed by atoms with van der Waals surface area (Å²) in [6, 6.07) is 7.67. The number of ether oxygens (including phenoxy) is 1. The second-order valence-corrected chi connectivity index (χ2v) is 9.09. The zero-order chi connectivity index (χ0) is 21.2. The van der Waals surface area contributed by atoms with Crippen LogP contribution < -0.4 is 10.1 Å². The number of nitrogens with one attached hydrogen (secondary N) is 1. The van der Waals surface area contributed by atoms with Gasteiger partial charge in [0.2, 0.25) is 0 Å². The number of pyridine rings is 2. The van der Waals surface area contributed by atoms with E-state index in [0.29, 0.717) is 12.3 Å². The molecule has 1 amide bonds. The van der Waals surface area contributed by atoms with Crippen molar-refractivity contribution in [3.8, 4) is 21.3 Å². The van der Waals surface area contributed by atoms with Crippen LogP contribution in [0, 0.1) is 6.92 Å². The smallest absolute Gasteiger partial charge is 0.261 e. The molecular formula is C23H20N4O2S2. The summed E-state index contributed by atoms with van der Waals surface area (Å²) in [5.41, 5.74) is 5.19. The highest BCUT2D eigenvalue weighted by Crippen LogP contribution is 2.50.